The van der Waals surface area contributed by atoms with Crippen molar-refractivity contribution in [3.8, 4) is 11.5 Å². The number of anilines is 1. The van der Waals surface area contributed by atoms with Crippen molar-refractivity contribution in [3.63, 3.8) is 0 Å². The van der Waals surface area contributed by atoms with Crippen LogP contribution < -0.4 is 19.1 Å². The van der Waals surface area contributed by atoms with Crippen molar-refractivity contribution in [1.29, 1.82) is 0 Å². The highest BCUT2D eigenvalue weighted by molar-refractivity contribution is 7.93. The fraction of sp³-hybridized carbons (Fsp3) is 0.240. The molecular weight excluding hydrogens is 440 g/mol. The molecule has 1 heterocycles. The molecule has 0 aromatic heterocycles. The van der Waals surface area contributed by atoms with Crippen LogP contribution in [0.2, 0.25) is 0 Å². The SMILES string of the molecule is COc1ccc(C)cc1S(=O)(=O)N1C[C@H](C(=O)NCCc2ccccc2)Oc2ccccc21. The molecule has 7 nitrogen and oxygen atoms in total. The topological polar surface area (TPSA) is 84.9 Å². The average molecular weight is 467 g/mol. The van der Waals surface area contributed by atoms with Gasteiger partial charge in [0.25, 0.3) is 15.9 Å². The number of hydrogen-bond donors (Lipinski definition) is 1. The van der Waals surface area contributed by atoms with Crippen molar-refractivity contribution >= 4 is 21.6 Å². The Morgan fingerprint density at radius 1 is 1.09 bits per heavy atom. The summed E-state index contributed by atoms with van der Waals surface area (Å²) in [5.41, 5.74) is 2.27. The highest BCUT2D eigenvalue weighted by Crippen LogP contribution is 2.38. The zero-order chi connectivity index (χ0) is 23.4. The van der Waals surface area contributed by atoms with Gasteiger partial charge in [0.2, 0.25) is 0 Å². The van der Waals surface area contributed by atoms with E-state index in [1.807, 2.05) is 37.3 Å². The van der Waals surface area contributed by atoms with Crippen molar-refractivity contribution < 1.29 is 22.7 Å². The summed E-state index contributed by atoms with van der Waals surface area (Å²) in [6.45, 7) is 2.09. The minimum absolute atomic E-state index is 0.0462. The van der Waals surface area contributed by atoms with Crippen molar-refractivity contribution in [1.82, 2.24) is 5.32 Å². The van der Waals surface area contributed by atoms with E-state index in [9.17, 15) is 13.2 Å². The molecule has 0 saturated heterocycles. The van der Waals surface area contributed by atoms with Gasteiger partial charge in [0.15, 0.2) is 6.10 Å². The van der Waals surface area contributed by atoms with Gasteiger partial charge in [0, 0.05) is 6.54 Å². The lowest BCUT2D eigenvalue weighted by atomic mass is 10.1. The Hall–Kier alpha value is -3.52. The normalized spacial score (nSPS) is 15.3. The zero-order valence-electron chi connectivity index (χ0n) is 18.5. The number of para-hydroxylation sites is 2. The molecular formula is C25H26N2O5S. The fourth-order valence-corrected chi connectivity index (χ4v) is 5.48. The van der Waals surface area contributed by atoms with Crippen molar-refractivity contribution in [2.45, 2.75) is 24.3 Å². The van der Waals surface area contributed by atoms with Crippen molar-refractivity contribution in [2.75, 3.05) is 24.5 Å². The summed E-state index contributed by atoms with van der Waals surface area (Å²) < 4.78 is 39.8. The molecule has 0 unspecified atom stereocenters. The number of fused-ring (bicyclic) bond motifs is 1. The van der Waals surface area contributed by atoms with Crippen molar-refractivity contribution in [3.05, 3.63) is 83.9 Å². The number of sulfonamides is 1. The average Bonchev–Trinajstić information content (AvgIpc) is 2.83. The van der Waals surface area contributed by atoms with Crippen molar-refractivity contribution in [2.24, 2.45) is 0 Å². The fourth-order valence-electron chi connectivity index (χ4n) is 3.76. The van der Waals surface area contributed by atoms with Crippen LogP contribution in [0.3, 0.4) is 0 Å². The lowest BCUT2D eigenvalue weighted by Gasteiger charge is -2.35. The van der Waals surface area contributed by atoms with Crippen LogP contribution in [0.4, 0.5) is 5.69 Å². The first kappa shape index (κ1) is 22.7. The molecule has 1 aliphatic rings. The first-order chi connectivity index (χ1) is 15.9. The number of hydrogen-bond acceptors (Lipinski definition) is 5. The molecule has 0 radical (unpaired) electrons. The summed E-state index contributed by atoms with van der Waals surface area (Å²) >= 11 is 0. The lowest BCUT2D eigenvalue weighted by molar-refractivity contribution is -0.127. The van der Waals surface area contributed by atoms with Gasteiger partial charge in [-0.05, 0) is 48.7 Å². The monoisotopic (exact) mass is 466 g/mol. The minimum Gasteiger partial charge on any atom is -0.495 e. The number of aryl methyl sites for hydroxylation is 1. The van der Waals surface area contributed by atoms with Crippen LogP contribution in [0, 0.1) is 6.92 Å². The van der Waals surface area contributed by atoms with Crippen LogP contribution in [-0.2, 0) is 21.2 Å². The minimum atomic E-state index is -4.02. The van der Waals surface area contributed by atoms with Gasteiger partial charge in [-0.2, -0.15) is 0 Å². The third kappa shape index (κ3) is 4.80. The zero-order valence-corrected chi connectivity index (χ0v) is 19.3. The number of amides is 1. The first-order valence-electron chi connectivity index (χ1n) is 10.6. The molecule has 1 aliphatic heterocycles. The summed E-state index contributed by atoms with van der Waals surface area (Å²) in [4.78, 5) is 12.9. The maximum Gasteiger partial charge on any atom is 0.268 e. The Labute approximate surface area is 194 Å². The lowest BCUT2D eigenvalue weighted by Crippen LogP contribution is -2.51. The van der Waals surface area contributed by atoms with Crippen LogP contribution in [0.5, 0.6) is 11.5 Å². The molecule has 0 spiro atoms. The van der Waals surface area contributed by atoms with Gasteiger partial charge in [-0.3, -0.25) is 9.10 Å². The molecule has 4 rings (SSSR count). The molecule has 0 saturated carbocycles. The molecule has 1 amide bonds. The molecule has 0 aliphatic carbocycles. The molecule has 8 heteroatoms. The molecule has 3 aromatic carbocycles. The number of benzene rings is 3. The van der Waals surface area contributed by atoms with E-state index in [-0.39, 0.29) is 23.1 Å². The smallest absolute Gasteiger partial charge is 0.268 e. The summed E-state index contributed by atoms with van der Waals surface area (Å²) in [6, 6.07) is 21.6. The predicted molar refractivity (Wildman–Crippen MR) is 126 cm³/mol. The van der Waals surface area contributed by atoms with Crippen LogP contribution >= 0.6 is 0 Å². The Morgan fingerprint density at radius 2 is 1.82 bits per heavy atom. The van der Waals surface area contributed by atoms with E-state index in [1.54, 1.807) is 42.5 Å². The number of carbonyl (C=O) groups excluding carboxylic acids is 1. The molecule has 0 bridgehead atoms. The number of methoxy groups -OCH3 is 1. The van der Waals surface area contributed by atoms with E-state index < -0.39 is 16.1 Å². The number of nitrogens with zero attached hydrogens (tertiary/aromatic N) is 1. The van der Waals surface area contributed by atoms with Gasteiger partial charge in [-0.25, -0.2) is 8.42 Å². The largest absolute Gasteiger partial charge is 0.495 e. The van der Waals surface area contributed by atoms with E-state index >= 15 is 0 Å². The quantitative estimate of drug-likeness (QED) is 0.578. The van der Waals surface area contributed by atoms with E-state index in [1.165, 1.54) is 11.4 Å². The third-order valence-electron chi connectivity index (χ3n) is 5.47. The van der Waals surface area contributed by atoms with E-state index in [4.69, 9.17) is 9.47 Å². The van der Waals surface area contributed by atoms with Crippen LogP contribution in [0.1, 0.15) is 11.1 Å². The van der Waals surface area contributed by atoms with E-state index in [0.29, 0.717) is 24.4 Å². The summed E-state index contributed by atoms with van der Waals surface area (Å²) in [6.07, 6.45) is -0.320. The third-order valence-corrected chi connectivity index (χ3v) is 7.27. The van der Waals surface area contributed by atoms with Gasteiger partial charge in [0.1, 0.15) is 16.4 Å². The van der Waals surface area contributed by atoms with Gasteiger partial charge in [-0.15, -0.1) is 0 Å². The van der Waals surface area contributed by atoms with Gasteiger partial charge in [0.05, 0.1) is 19.3 Å². The van der Waals surface area contributed by atoms with Crippen LogP contribution in [0.25, 0.3) is 0 Å². The Kier molecular flexibility index (Phi) is 6.55. The standard InChI is InChI=1S/C25H26N2O5S/c1-18-12-13-22(31-2)24(16-18)33(29,30)27-17-23(32-21-11-7-6-10-20(21)27)25(28)26-15-14-19-8-4-3-5-9-19/h3-13,16,23H,14-15,17H2,1-2H3,(H,26,28)/t23-/m1/s1. The Balaban J connectivity index is 1.59. The van der Waals surface area contributed by atoms with E-state index in [2.05, 4.69) is 5.32 Å². The summed E-state index contributed by atoms with van der Waals surface area (Å²) in [7, 11) is -2.59. The predicted octanol–water partition coefficient (Wildman–Crippen LogP) is 3.32. The maximum atomic E-state index is 13.7. The molecule has 33 heavy (non-hydrogen) atoms. The highest BCUT2D eigenvalue weighted by Gasteiger charge is 2.38. The van der Waals surface area contributed by atoms with Crippen LogP contribution in [-0.4, -0.2) is 40.6 Å². The highest BCUT2D eigenvalue weighted by atomic mass is 32.2. The number of ether oxygens (including phenoxy) is 2. The second-order valence-corrected chi connectivity index (χ2v) is 9.62. The summed E-state index contributed by atoms with van der Waals surface area (Å²) in [5.74, 6) is 0.215. The van der Waals surface area contributed by atoms with Gasteiger partial charge in [-0.1, -0.05) is 48.5 Å². The second kappa shape index (κ2) is 9.54. The molecule has 1 atom stereocenters. The van der Waals surface area contributed by atoms with Crippen LogP contribution in [0.15, 0.2) is 77.7 Å². The number of nitrogens with one attached hydrogen (secondary N) is 1. The maximum absolute atomic E-state index is 13.7. The van der Waals surface area contributed by atoms with Gasteiger partial charge >= 0.3 is 0 Å². The molecule has 1 N–H and O–H groups in total. The van der Waals surface area contributed by atoms with Gasteiger partial charge < -0.3 is 14.8 Å². The number of rotatable bonds is 7. The Morgan fingerprint density at radius 3 is 2.58 bits per heavy atom. The summed E-state index contributed by atoms with van der Waals surface area (Å²) in [5, 5.41) is 2.86. The Bertz CT molecular complexity index is 1240. The first-order valence-corrected chi connectivity index (χ1v) is 12.1. The molecule has 0 fully saturated rings. The molecule has 172 valence electrons. The molecule has 3 aromatic rings. The second-order valence-electron chi connectivity index (χ2n) is 7.79. The number of carbonyl (C=O) groups is 1. The van der Waals surface area contributed by atoms with E-state index in [0.717, 1.165) is 11.1 Å².